The van der Waals surface area contributed by atoms with Crippen LogP contribution in [0, 0.1) is 5.92 Å². The summed E-state index contributed by atoms with van der Waals surface area (Å²) in [5.41, 5.74) is 1.15. The zero-order chi connectivity index (χ0) is 19.8. The topological polar surface area (TPSA) is 52.7 Å². The van der Waals surface area contributed by atoms with E-state index in [1.165, 1.54) is 0 Å². The molecule has 2 fully saturated rings. The van der Waals surface area contributed by atoms with Crippen molar-refractivity contribution in [1.82, 2.24) is 15.1 Å². The molecule has 28 heavy (non-hydrogen) atoms. The molecule has 0 saturated carbocycles. The van der Waals surface area contributed by atoms with Crippen LogP contribution >= 0.6 is 0 Å². The number of benzene rings is 1. The Morgan fingerprint density at radius 3 is 2.32 bits per heavy atom. The van der Waals surface area contributed by atoms with Crippen molar-refractivity contribution in [3.63, 3.8) is 0 Å². The maximum atomic E-state index is 12.5. The first-order chi connectivity index (χ1) is 13.7. The van der Waals surface area contributed by atoms with Gasteiger partial charge in [-0.3, -0.25) is 9.59 Å². The van der Waals surface area contributed by atoms with Gasteiger partial charge in [0.1, 0.15) is 0 Å². The number of carbonyl (C=O) groups is 2. The maximum absolute atomic E-state index is 12.5. The number of nitrogens with one attached hydrogen (secondary N) is 1. The van der Waals surface area contributed by atoms with E-state index in [4.69, 9.17) is 0 Å². The largest absolute Gasteiger partial charge is 0.352 e. The van der Waals surface area contributed by atoms with Crippen molar-refractivity contribution in [3.05, 3.63) is 35.9 Å². The number of hydrogen-bond donors (Lipinski definition) is 1. The molecular formula is C23H35N3O2. The highest BCUT2D eigenvalue weighted by Crippen LogP contribution is 2.24. The zero-order valence-electron chi connectivity index (χ0n) is 17.2. The minimum Gasteiger partial charge on any atom is -0.352 e. The average molecular weight is 386 g/mol. The number of carbonyl (C=O) groups excluding carboxylic acids is 2. The first-order valence-corrected chi connectivity index (χ1v) is 11.0. The summed E-state index contributed by atoms with van der Waals surface area (Å²) in [4.78, 5) is 29.3. The summed E-state index contributed by atoms with van der Waals surface area (Å²) in [7, 11) is 0. The van der Waals surface area contributed by atoms with Gasteiger partial charge in [-0.05, 0) is 50.8 Å². The van der Waals surface area contributed by atoms with Crippen LogP contribution < -0.4 is 5.32 Å². The van der Waals surface area contributed by atoms with Gasteiger partial charge in [-0.2, -0.15) is 0 Å². The van der Waals surface area contributed by atoms with Crippen molar-refractivity contribution in [2.24, 2.45) is 5.92 Å². The number of amides is 2. The number of nitrogens with zero attached hydrogens (tertiary/aromatic N) is 2. The van der Waals surface area contributed by atoms with Crippen LogP contribution in [-0.4, -0.2) is 53.8 Å². The third-order valence-electron chi connectivity index (χ3n) is 6.29. The standard InChI is InChI=1S/C23H35N3O2/c1-2-3-9-22(27)26-16-12-21(13-17-26)25-14-10-20(11-15-25)23(28)24-18-19-7-5-4-6-8-19/h4-8,20-21H,2-3,9-18H2,1H3,(H,24,28). The van der Waals surface area contributed by atoms with E-state index in [9.17, 15) is 9.59 Å². The molecule has 0 radical (unpaired) electrons. The molecule has 0 unspecified atom stereocenters. The van der Waals surface area contributed by atoms with Crippen LogP contribution in [0.3, 0.4) is 0 Å². The highest BCUT2D eigenvalue weighted by atomic mass is 16.2. The molecule has 0 spiro atoms. The molecule has 2 aliphatic heterocycles. The Balaban J connectivity index is 1.36. The van der Waals surface area contributed by atoms with Crippen LogP contribution in [0.1, 0.15) is 57.4 Å². The van der Waals surface area contributed by atoms with Crippen LogP contribution in [0.2, 0.25) is 0 Å². The summed E-state index contributed by atoms with van der Waals surface area (Å²) < 4.78 is 0. The highest BCUT2D eigenvalue weighted by Gasteiger charge is 2.31. The van der Waals surface area contributed by atoms with Crippen LogP contribution in [0.25, 0.3) is 0 Å². The van der Waals surface area contributed by atoms with Crippen molar-refractivity contribution in [1.29, 1.82) is 0 Å². The smallest absolute Gasteiger partial charge is 0.223 e. The summed E-state index contributed by atoms with van der Waals surface area (Å²) in [6.45, 7) is 6.53. The lowest BCUT2D eigenvalue weighted by atomic mass is 9.92. The summed E-state index contributed by atoms with van der Waals surface area (Å²) in [6, 6.07) is 10.7. The maximum Gasteiger partial charge on any atom is 0.223 e. The van der Waals surface area contributed by atoms with Gasteiger partial charge in [-0.25, -0.2) is 0 Å². The van der Waals surface area contributed by atoms with E-state index in [0.717, 1.165) is 70.3 Å². The lowest BCUT2D eigenvalue weighted by Gasteiger charge is -2.41. The molecule has 0 aliphatic carbocycles. The number of rotatable bonds is 7. The molecule has 2 aliphatic rings. The predicted octanol–water partition coefficient (Wildman–Crippen LogP) is 3.20. The zero-order valence-corrected chi connectivity index (χ0v) is 17.2. The van der Waals surface area contributed by atoms with Gasteiger partial charge in [-0.1, -0.05) is 43.7 Å². The molecule has 0 atom stereocenters. The van der Waals surface area contributed by atoms with Crippen molar-refractivity contribution in [2.75, 3.05) is 26.2 Å². The molecule has 5 heteroatoms. The van der Waals surface area contributed by atoms with E-state index >= 15 is 0 Å². The Morgan fingerprint density at radius 1 is 1.00 bits per heavy atom. The average Bonchev–Trinajstić information content (AvgIpc) is 2.76. The summed E-state index contributed by atoms with van der Waals surface area (Å²) >= 11 is 0. The van der Waals surface area contributed by atoms with Crippen LogP contribution in [0.5, 0.6) is 0 Å². The number of unbranched alkanes of at least 4 members (excludes halogenated alkanes) is 1. The highest BCUT2D eigenvalue weighted by molar-refractivity contribution is 5.78. The number of piperidine rings is 2. The van der Waals surface area contributed by atoms with Crippen molar-refractivity contribution >= 4 is 11.8 Å². The normalized spacial score (nSPS) is 19.5. The summed E-state index contributed by atoms with van der Waals surface area (Å²) in [5.74, 6) is 0.657. The summed E-state index contributed by atoms with van der Waals surface area (Å²) in [5, 5.41) is 3.10. The molecule has 0 aromatic heterocycles. The first kappa shape index (κ1) is 20.8. The van der Waals surface area contributed by atoms with Gasteiger partial charge >= 0.3 is 0 Å². The Morgan fingerprint density at radius 2 is 1.68 bits per heavy atom. The first-order valence-electron chi connectivity index (χ1n) is 11.0. The van der Waals surface area contributed by atoms with E-state index in [2.05, 4.69) is 22.0 Å². The van der Waals surface area contributed by atoms with Crippen LogP contribution in [0.15, 0.2) is 30.3 Å². The molecule has 2 amide bonds. The second-order valence-corrected chi connectivity index (χ2v) is 8.23. The molecule has 3 rings (SSSR count). The van der Waals surface area contributed by atoms with Crippen molar-refractivity contribution in [2.45, 2.75) is 64.5 Å². The molecule has 0 bridgehead atoms. The third kappa shape index (κ3) is 5.81. The van der Waals surface area contributed by atoms with Crippen molar-refractivity contribution < 1.29 is 9.59 Å². The fraction of sp³-hybridized carbons (Fsp3) is 0.652. The Labute approximate surface area is 169 Å². The van der Waals surface area contributed by atoms with Gasteiger partial charge in [0.25, 0.3) is 0 Å². The lowest BCUT2D eigenvalue weighted by Crippen LogP contribution is -2.50. The second kappa shape index (κ2) is 10.6. The SMILES string of the molecule is CCCCC(=O)N1CCC(N2CCC(C(=O)NCc3ccccc3)CC2)CC1. The molecule has 2 saturated heterocycles. The van der Waals surface area contributed by atoms with Gasteiger partial charge in [0.2, 0.25) is 11.8 Å². The van der Waals surface area contributed by atoms with Gasteiger partial charge in [0.15, 0.2) is 0 Å². The van der Waals surface area contributed by atoms with Gasteiger partial charge in [-0.15, -0.1) is 0 Å². The van der Waals surface area contributed by atoms with Crippen LogP contribution in [-0.2, 0) is 16.1 Å². The molecule has 154 valence electrons. The van der Waals surface area contributed by atoms with Crippen LogP contribution in [0.4, 0.5) is 0 Å². The van der Waals surface area contributed by atoms with E-state index in [0.29, 0.717) is 24.9 Å². The molecule has 2 heterocycles. The Hall–Kier alpha value is -1.88. The monoisotopic (exact) mass is 385 g/mol. The second-order valence-electron chi connectivity index (χ2n) is 8.23. The number of likely N-dealkylation sites (tertiary alicyclic amines) is 2. The van der Waals surface area contributed by atoms with E-state index < -0.39 is 0 Å². The molecule has 5 nitrogen and oxygen atoms in total. The lowest BCUT2D eigenvalue weighted by molar-refractivity contribution is -0.133. The number of hydrogen-bond acceptors (Lipinski definition) is 3. The minimum atomic E-state index is 0.135. The Kier molecular flexibility index (Phi) is 7.90. The predicted molar refractivity (Wildman–Crippen MR) is 112 cm³/mol. The van der Waals surface area contributed by atoms with Gasteiger partial charge < -0.3 is 15.1 Å². The quantitative estimate of drug-likeness (QED) is 0.784. The molecule has 1 aromatic carbocycles. The van der Waals surface area contributed by atoms with E-state index in [1.54, 1.807) is 0 Å². The molecule has 1 N–H and O–H groups in total. The Bertz CT molecular complexity index is 618. The van der Waals surface area contributed by atoms with Gasteiger partial charge in [0.05, 0.1) is 0 Å². The minimum absolute atomic E-state index is 0.135. The van der Waals surface area contributed by atoms with E-state index in [-0.39, 0.29) is 11.8 Å². The fourth-order valence-corrected chi connectivity index (χ4v) is 4.42. The molecular weight excluding hydrogens is 350 g/mol. The molecule has 1 aromatic rings. The van der Waals surface area contributed by atoms with Gasteiger partial charge in [0, 0.05) is 38.0 Å². The van der Waals surface area contributed by atoms with E-state index in [1.807, 2.05) is 30.3 Å². The summed E-state index contributed by atoms with van der Waals surface area (Å²) in [6.07, 6.45) is 6.80. The fourth-order valence-electron chi connectivity index (χ4n) is 4.42. The third-order valence-corrected chi connectivity index (χ3v) is 6.29. The van der Waals surface area contributed by atoms with Crippen molar-refractivity contribution in [3.8, 4) is 0 Å².